The van der Waals surface area contributed by atoms with Crippen LogP contribution in [0.15, 0.2) is 24.3 Å². The molecule has 0 spiro atoms. The van der Waals surface area contributed by atoms with Crippen molar-refractivity contribution in [3.05, 3.63) is 35.4 Å². The van der Waals surface area contributed by atoms with E-state index in [4.69, 9.17) is 0 Å². The van der Waals surface area contributed by atoms with Crippen LogP contribution in [-0.4, -0.2) is 25.6 Å². The van der Waals surface area contributed by atoms with E-state index in [1.54, 1.807) is 5.56 Å². The van der Waals surface area contributed by atoms with Gasteiger partial charge >= 0.3 is 0 Å². The second-order valence-electron chi connectivity index (χ2n) is 9.16. The van der Waals surface area contributed by atoms with Gasteiger partial charge in [-0.3, -0.25) is 0 Å². The standard InChI is InChI=1S/C24H44N/c1-7-8-9-10-11-12-13-14-15-16-19-22-20-17-18-21-23(22)24(2,3)25(4,5)6/h17-18,20-21H,7-16,19H2,1-6H3/q+1. The predicted molar refractivity (Wildman–Crippen MR) is 113 cm³/mol. The molecule has 0 unspecified atom stereocenters. The first kappa shape index (κ1) is 22.2. The fourth-order valence-electron chi connectivity index (χ4n) is 3.50. The fraction of sp³-hybridized carbons (Fsp3) is 0.750. The summed E-state index contributed by atoms with van der Waals surface area (Å²) in [6.45, 7) is 7.05. The molecule has 1 rings (SSSR count). The molecule has 0 aliphatic heterocycles. The Balaban J connectivity index is 2.35. The molecule has 0 heterocycles. The van der Waals surface area contributed by atoms with Crippen LogP contribution in [0.5, 0.6) is 0 Å². The molecule has 0 radical (unpaired) electrons. The van der Waals surface area contributed by atoms with Crippen LogP contribution in [0.4, 0.5) is 0 Å². The summed E-state index contributed by atoms with van der Waals surface area (Å²) in [6, 6.07) is 9.10. The highest BCUT2D eigenvalue weighted by Crippen LogP contribution is 2.33. The zero-order valence-corrected chi connectivity index (χ0v) is 18.0. The molecule has 0 aliphatic rings. The maximum absolute atomic E-state index is 2.38. The molecular formula is C24H44N+. The van der Waals surface area contributed by atoms with Crippen molar-refractivity contribution in [2.24, 2.45) is 0 Å². The van der Waals surface area contributed by atoms with Crippen LogP contribution in [0.2, 0.25) is 0 Å². The molecule has 1 aromatic carbocycles. The first-order chi connectivity index (χ1) is 11.8. The minimum Gasteiger partial charge on any atom is -0.323 e. The summed E-state index contributed by atoms with van der Waals surface area (Å²) in [5, 5.41) is 0. The van der Waals surface area contributed by atoms with Crippen LogP contribution in [0.25, 0.3) is 0 Å². The van der Waals surface area contributed by atoms with Gasteiger partial charge in [0.05, 0.1) is 21.1 Å². The van der Waals surface area contributed by atoms with E-state index in [9.17, 15) is 0 Å². The minimum atomic E-state index is 0.148. The summed E-state index contributed by atoms with van der Waals surface area (Å²) < 4.78 is 0.960. The molecule has 0 amide bonds. The highest BCUT2D eigenvalue weighted by Gasteiger charge is 2.36. The summed E-state index contributed by atoms with van der Waals surface area (Å²) in [5.74, 6) is 0. The van der Waals surface area contributed by atoms with E-state index in [0.717, 1.165) is 4.48 Å². The molecule has 1 heteroatoms. The number of hydrogen-bond donors (Lipinski definition) is 0. The molecule has 1 nitrogen and oxygen atoms in total. The van der Waals surface area contributed by atoms with Crippen LogP contribution in [0, 0.1) is 0 Å². The molecule has 0 saturated carbocycles. The molecule has 25 heavy (non-hydrogen) atoms. The van der Waals surface area contributed by atoms with Crippen LogP contribution < -0.4 is 0 Å². The normalized spacial score (nSPS) is 12.6. The SMILES string of the molecule is CCCCCCCCCCCCc1ccccc1C(C)(C)[N+](C)(C)C. The van der Waals surface area contributed by atoms with E-state index in [0.29, 0.717) is 0 Å². The van der Waals surface area contributed by atoms with Gasteiger partial charge in [0.15, 0.2) is 0 Å². The molecule has 0 N–H and O–H groups in total. The molecule has 0 bridgehead atoms. The number of quaternary nitrogens is 1. The van der Waals surface area contributed by atoms with Crippen molar-refractivity contribution >= 4 is 0 Å². The lowest BCUT2D eigenvalue weighted by Crippen LogP contribution is -2.51. The molecular weight excluding hydrogens is 302 g/mol. The minimum absolute atomic E-state index is 0.148. The second-order valence-corrected chi connectivity index (χ2v) is 9.16. The van der Waals surface area contributed by atoms with Crippen molar-refractivity contribution in [3.8, 4) is 0 Å². The van der Waals surface area contributed by atoms with Crippen LogP contribution in [0.3, 0.4) is 0 Å². The average molecular weight is 347 g/mol. The largest absolute Gasteiger partial charge is 0.323 e. The van der Waals surface area contributed by atoms with Crippen molar-refractivity contribution < 1.29 is 4.48 Å². The third kappa shape index (κ3) is 7.52. The van der Waals surface area contributed by atoms with Gasteiger partial charge in [-0.05, 0) is 32.3 Å². The van der Waals surface area contributed by atoms with Crippen molar-refractivity contribution in [2.75, 3.05) is 21.1 Å². The zero-order valence-electron chi connectivity index (χ0n) is 18.0. The summed E-state index contributed by atoms with van der Waals surface area (Å²) in [7, 11) is 6.91. The smallest absolute Gasteiger partial charge is 0.119 e. The Morgan fingerprint density at radius 2 is 1.20 bits per heavy atom. The first-order valence-corrected chi connectivity index (χ1v) is 10.7. The molecule has 1 aromatic rings. The summed E-state index contributed by atoms with van der Waals surface area (Å²) in [6.07, 6.45) is 15.3. The molecule has 0 fully saturated rings. The lowest BCUT2D eigenvalue weighted by Gasteiger charge is -2.42. The van der Waals surface area contributed by atoms with Gasteiger partial charge in [-0.15, -0.1) is 0 Å². The fourth-order valence-corrected chi connectivity index (χ4v) is 3.50. The highest BCUT2D eigenvalue weighted by atomic mass is 15.3. The zero-order chi connectivity index (χ0) is 18.8. The average Bonchev–Trinajstić information content (AvgIpc) is 2.56. The van der Waals surface area contributed by atoms with Crippen molar-refractivity contribution in [1.82, 2.24) is 0 Å². The monoisotopic (exact) mass is 346 g/mol. The lowest BCUT2D eigenvalue weighted by atomic mass is 9.85. The van der Waals surface area contributed by atoms with Gasteiger partial charge < -0.3 is 4.48 Å². The third-order valence-electron chi connectivity index (χ3n) is 6.15. The van der Waals surface area contributed by atoms with Crippen molar-refractivity contribution in [3.63, 3.8) is 0 Å². The topological polar surface area (TPSA) is 0 Å². The van der Waals surface area contributed by atoms with Crippen molar-refractivity contribution in [2.45, 2.75) is 96.9 Å². The number of benzene rings is 1. The number of aryl methyl sites for hydroxylation is 1. The van der Waals surface area contributed by atoms with Gasteiger partial charge in [0.1, 0.15) is 5.54 Å². The Kier molecular flexibility index (Phi) is 9.79. The lowest BCUT2D eigenvalue weighted by molar-refractivity contribution is -0.927. The number of nitrogens with zero attached hydrogens (tertiary/aromatic N) is 1. The van der Waals surface area contributed by atoms with Gasteiger partial charge in [-0.2, -0.15) is 0 Å². The quantitative estimate of drug-likeness (QED) is 0.264. The summed E-state index contributed by atoms with van der Waals surface area (Å²) >= 11 is 0. The van der Waals surface area contributed by atoms with E-state index in [-0.39, 0.29) is 5.54 Å². The van der Waals surface area contributed by atoms with E-state index < -0.39 is 0 Å². The van der Waals surface area contributed by atoms with Crippen LogP contribution >= 0.6 is 0 Å². The third-order valence-corrected chi connectivity index (χ3v) is 6.15. The Morgan fingerprint density at radius 1 is 0.720 bits per heavy atom. The highest BCUT2D eigenvalue weighted by molar-refractivity contribution is 5.31. The Morgan fingerprint density at radius 3 is 1.72 bits per heavy atom. The van der Waals surface area contributed by atoms with E-state index in [1.807, 2.05) is 0 Å². The molecule has 144 valence electrons. The van der Waals surface area contributed by atoms with Crippen molar-refractivity contribution in [1.29, 1.82) is 0 Å². The number of unbranched alkanes of at least 4 members (excludes halogenated alkanes) is 9. The van der Waals surface area contributed by atoms with Gasteiger partial charge in [0.2, 0.25) is 0 Å². The van der Waals surface area contributed by atoms with Gasteiger partial charge in [-0.25, -0.2) is 0 Å². The molecule has 0 aromatic heterocycles. The van der Waals surface area contributed by atoms with Gasteiger partial charge in [-0.1, -0.05) is 89.0 Å². The van der Waals surface area contributed by atoms with E-state index >= 15 is 0 Å². The number of rotatable bonds is 13. The summed E-state index contributed by atoms with van der Waals surface area (Å²) in [5.41, 5.74) is 3.23. The molecule has 0 aliphatic carbocycles. The van der Waals surface area contributed by atoms with E-state index in [2.05, 4.69) is 66.2 Å². The Labute approximate surface area is 158 Å². The van der Waals surface area contributed by atoms with Crippen LogP contribution in [0.1, 0.15) is 96.1 Å². The molecule has 0 saturated heterocycles. The maximum atomic E-state index is 2.38. The summed E-state index contributed by atoms with van der Waals surface area (Å²) in [4.78, 5) is 0. The van der Waals surface area contributed by atoms with Crippen LogP contribution in [-0.2, 0) is 12.0 Å². The first-order valence-electron chi connectivity index (χ1n) is 10.7. The number of hydrogen-bond acceptors (Lipinski definition) is 0. The Hall–Kier alpha value is -0.820. The Bertz CT molecular complexity index is 467. The second kappa shape index (κ2) is 11.0. The predicted octanol–water partition coefficient (Wildman–Crippen LogP) is 7.09. The maximum Gasteiger partial charge on any atom is 0.119 e. The molecule has 0 atom stereocenters. The van der Waals surface area contributed by atoms with Gasteiger partial charge in [0, 0.05) is 5.56 Å². The van der Waals surface area contributed by atoms with Gasteiger partial charge in [0.25, 0.3) is 0 Å². The van der Waals surface area contributed by atoms with E-state index in [1.165, 1.54) is 76.2 Å².